The third-order valence-corrected chi connectivity index (χ3v) is 5.74. The van der Waals surface area contributed by atoms with Gasteiger partial charge >= 0.3 is 0 Å². The SMILES string of the molecule is Cc1cc(N)nc(C)c1CNC(=O)c1cnn(Cc2ccc(C(=O)N3CCOCC3)cc2)c1. The summed E-state index contributed by atoms with van der Waals surface area (Å²) in [4.78, 5) is 31.2. The molecule has 33 heavy (non-hydrogen) atoms. The van der Waals surface area contributed by atoms with Gasteiger partial charge in [0.2, 0.25) is 0 Å². The number of rotatable bonds is 6. The zero-order valence-corrected chi connectivity index (χ0v) is 18.9. The van der Waals surface area contributed by atoms with E-state index in [2.05, 4.69) is 15.4 Å². The first-order chi connectivity index (χ1) is 15.9. The number of benzene rings is 1. The first-order valence-corrected chi connectivity index (χ1v) is 10.9. The summed E-state index contributed by atoms with van der Waals surface area (Å²) >= 11 is 0. The van der Waals surface area contributed by atoms with E-state index in [-0.39, 0.29) is 11.8 Å². The van der Waals surface area contributed by atoms with Crippen LogP contribution in [0.25, 0.3) is 0 Å². The third kappa shape index (κ3) is 5.38. The van der Waals surface area contributed by atoms with Crippen molar-refractivity contribution in [1.29, 1.82) is 0 Å². The number of hydrogen-bond acceptors (Lipinski definition) is 6. The molecular formula is C24H28N6O3. The highest BCUT2D eigenvalue weighted by Gasteiger charge is 2.18. The molecule has 3 heterocycles. The van der Waals surface area contributed by atoms with Crippen LogP contribution in [0.4, 0.5) is 5.82 Å². The Hall–Kier alpha value is -3.72. The lowest BCUT2D eigenvalue weighted by Crippen LogP contribution is -2.40. The maximum absolute atomic E-state index is 12.6. The summed E-state index contributed by atoms with van der Waals surface area (Å²) < 4.78 is 7.01. The zero-order chi connectivity index (χ0) is 23.4. The number of anilines is 1. The number of pyridine rings is 1. The number of aromatic nitrogens is 3. The first kappa shape index (κ1) is 22.5. The fourth-order valence-electron chi connectivity index (χ4n) is 3.88. The van der Waals surface area contributed by atoms with Crippen LogP contribution in [0.1, 0.15) is 43.1 Å². The summed E-state index contributed by atoms with van der Waals surface area (Å²) in [5, 5.41) is 7.22. The number of aryl methyl sites for hydroxylation is 2. The van der Waals surface area contributed by atoms with Gasteiger partial charge in [-0.05, 0) is 48.7 Å². The second kappa shape index (κ2) is 9.83. The van der Waals surface area contributed by atoms with Crippen LogP contribution in [-0.4, -0.2) is 57.8 Å². The Morgan fingerprint density at radius 2 is 1.85 bits per heavy atom. The largest absolute Gasteiger partial charge is 0.384 e. The second-order valence-electron chi connectivity index (χ2n) is 8.14. The number of nitrogen functional groups attached to an aromatic ring is 1. The Balaban J connectivity index is 1.34. The van der Waals surface area contributed by atoms with Gasteiger partial charge in [-0.1, -0.05) is 12.1 Å². The van der Waals surface area contributed by atoms with Gasteiger partial charge in [0.15, 0.2) is 0 Å². The predicted molar refractivity (Wildman–Crippen MR) is 124 cm³/mol. The van der Waals surface area contributed by atoms with Crippen molar-refractivity contribution in [2.24, 2.45) is 0 Å². The molecule has 3 aromatic rings. The van der Waals surface area contributed by atoms with Crippen molar-refractivity contribution in [2.45, 2.75) is 26.9 Å². The van der Waals surface area contributed by atoms with Crippen molar-refractivity contribution >= 4 is 17.6 Å². The molecule has 2 aromatic heterocycles. The molecular weight excluding hydrogens is 420 g/mol. The highest BCUT2D eigenvalue weighted by molar-refractivity contribution is 5.94. The molecule has 1 saturated heterocycles. The molecule has 1 aliphatic heterocycles. The second-order valence-corrected chi connectivity index (χ2v) is 8.14. The molecule has 9 nitrogen and oxygen atoms in total. The van der Waals surface area contributed by atoms with Crippen LogP contribution in [0.2, 0.25) is 0 Å². The summed E-state index contributed by atoms with van der Waals surface area (Å²) in [5.74, 6) is 0.285. The van der Waals surface area contributed by atoms with Crippen molar-refractivity contribution in [3.63, 3.8) is 0 Å². The molecule has 0 radical (unpaired) electrons. The number of carbonyl (C=O) groups is 2. The van der Waals surface area contributed by atoms with Crippen molar-refractivity contribution < 1.29 is 14.3 Å². The molecule has 1 fully saturated rings. The maximum Gasteiger partial charge on any atom is 0.254 e. The Kier molecular flexibility index (Phi) is 6.69. The average molecular weight is 449 g/mol. The smallest absolute Gasteiger partial charge is 0.254 e. The standard InChI is InChI=1S/C24H28N6O3/c1-16-11-22(25)28-17(2)21(16)13-26-23(31)20-12-27-30(15-20)14-18-3-5-19(6-4-18)24(32)29-7-9-33-10-8-29/h3-6,11-12,15H,7-10,13-14H2,1-2H3,(H2,25,28)(H,26,31). The average Bonchev–Trinajstić information content (AvgIpc) is 3.27. The van der Waals surface area contributed by atoms with E-state index in [4.69, 9.17) is 10.5 Å². The monoisotopic (exact) mass is 448 g/mol. The summed E-state index contributed by atoms with van der Waals surface area (Å²) in [7, 11) is 0. The van der Waals surface area contributed by atoms with E-state index in [1.54, 1.807) is 28.0 Å². The fourth-order valence-corrected chi connectivity index (χ4v) is 3.88. The molecule has 9 heteroatoms. The summed E-state index contributed by atoms with van der Waals surface area (Å²) in [6, 6.07) is 9.28. The molecule has 172 valence electrons. The molecule has 2 amide bonds. The molecule has 3 N–H and O–H groups in total. The molecule has 0 aliphatic carbocycles. The van der Waals surface area contributed by atoms with Crippen molar-refractivity contribution in [2.75, 3.05) is 32.0 Å². The number of morpholine rings is 1. The van der Waals surface area contributed by atoms with Crippen LogP contribution in [0, 0.1) is 13.8 Å². The Labute approximate surface area is 192 Å². The van der Waals surface area contributed by atoms with Gasteiger partial charge in [-0.2, -0.15) is 5.10 Å². The lowest BCUT2D eigenvalue weighted by molar-refractivity contribution is 0.0303. The minimum Gasteiger partial charge on any atom is -0.384 e. The van der Waals surface area contributed by atoms with Crippen LogP contribution < -0.4 is 11.1 Å². The third-order valence-electron chi connectivity index (χ3n) is 5.74. The van der Waals surface area contributed by atoms with E-state index in [0.29, 0.717) is 56.3 Å². The summed E-state index contributed by atoms with van der Waals surface area (Å²) in [5.41, 5.74) is 10.6. The highest BCUT2D eigenvalue weighted by Crippen LogP contribution is 2.15. The van der Waals surface area contributed by atoms with Gasteiger partial charge in [0, 0.05) is 37.1 Å². The van der Waals surface area contributed by atoms with Crippen LogP contribution in [0.5, 0.6) is 0 Å². The van der Waals surface area contributed by atoms with Gasteiger partial charge in [-0.3, -0.25) is 14.3 Å². The minimum atomic E-state index is -0.205. The van der Waals surface area contributed by atoms with Crippen molar-refractivity contribution in [1.82, 2.24) is 25.0 Å². The van der Waals surface area contributed by atoms with Gasteiger partial charge in [-0.25, -0.2) is 4.98 Å². The van der Waals surface area contributed by atoms with E-state index < -0.39 is 0 Å². The molecule has 0 spiro atoms. The van der Waals surface area contributed by atoms with Gasteiger partial charge in [0.25, 0.3) is 11.8 Å². The van der Waals surface area contributed by atoms with Gasteiger partial charge in [-0.15, -0.1) is 0 Å². The lowest BCUT2D eigenvalue weighted by Gasteiger charge is -2.26. The Morgan fingerprint density at radius 3 is 2.55 bits per heavy atom. The quantitative estimate of drug-likeness (QED) is 0.595. The van der Waals surface area contributed by atoms with Crippen molar-refractivity contribution in [3.8, 4) is 0 Å². The number of amides is 2. The number of nitrogens with one attached hydrogen (secondary N) is 1. The minimum absolute atomic E-state index is 0.0182. The van der Waals surface area contributed by atoms with Gasteiger partial charge in [0.05, 0.1) is 31.5 Å². The fraction of sp³-hybridized carbons (Fsp3) is 0.333. The number of ether oxygens (including phenoxy) is 1. The molecule has 0 unspecified atom stereocenters. The molecule has 1 aromatic carbocycles. The van der Waals surface area contributed by atoms with Crippen molar-refractivity contribution in [3.05, 3.63) is 76.2 Å². The number of nitrogens with zero attached hydrogens (tertiary/aromatic N) is 4. The van der Waals surface area contributed by atoms with Crippen LogP contribution >= 0.6 is 0 Å². The molecule has 0 atom stereocenters. The Bertz CT molecular complexity index is 1130. The molecule has 0 bridgehead atoms. The van der Waals surface area contributed by atoms with E-state index in [0.717, 1.165) is 22.4 Å². The number of hydrogen-bond donors (Lipinski definition) is 2. The first-order valence-electron chi connectivity index (χ1n) is 10.9. The molecule has 0 saturated carbocycles. The number of nitrogens with two attached hydrogens (primary N) is 1. The topological polar surface area (TPSA) is 115 Å². The number of carbonyl (C=O) groups excluding carboxylic acids is 2. The lowest BCUT2D eigenvalue weighted by atomic mass is 10.1. The van der Waals surface area contributed by atoms with E-state index >= 15 is 0 Å². The normalized spacial score (nSPS) is 13.7. The maximum atomic E-state index is 12.6. The predicted octanol–water partition coefficient (Wildman–Crippen LogP) is 1.93. The van der Waals surface area contributed by atoms with E-state index in [1.165, 1.54) is 0 Å². The zero-order valence-electron chi connectivity index (χ0n) is 18.9. The molecule has 1 aliphatic rings. The summed E-state index contributed by atoms with van der Waals surface area (Å²) in [6.45, 7) is 7.09. The van der Waals surface area contributed by atoms with Gasteiger partial charge < -0.3 is 20.7 Å². The Morgan fingerprint density at radius 1 is 1.12 bits per heavy atom. The molecule has 4 rings (SSSR count). The highest BCUT2D eigenvalue weighted by atomic mass is 16.5. The van der Waals surface area contributed by atoms with Crippen LogP contribution in [-0.2, 0) is 17.8 Å². The summed E-state index contributed by atoms with van der Waals surface area (Å²) in [6.07, 6.45) is 3.26. The van der Waals surface area contributed by atoms with Gasteiger partial charge in [0.1, 0.15) is 5.82 Å². The van der Waals surface area contributed by atoms with Crippen LogP contribution in [0.3, 0.4) is 0 Å². The van der Waals surface area contributed by atoms with Crippen LogP contribution in [0.15, 0.2) is 42.7 Å². The van der Waals surface area contributed by atoms with E-state index in [9.17, 15) is 9.59 Å². The van der Waals surface area contributed by atoms with E-state index in [1.807, 2.05) is 38.1 Å².